The summed E-state index contributed by atoms with van der Waals surface area (Å²) in [6.45, 7) is 0.472. The number of methoxy groups -OCH3 is 1. The van der Waals surface area contributed by atoms with Crippen molar-refractivity contribution in [2.45, 2.75) is 6.61 Å². The van der Waals surface area contributed by atoms with E-state index in [0.717, 1.165) is 39.2 Å². The molecular formula is C25H22O4. The fourth-order valence-corrected chi connectivity index (χ4v) is 3.17. The lowest BCUT2D eigenvalue weighted by atomic mass is 10.1. The van der Waals surface area contributed by atoms with Crippen molar-refractivity contribution in [1.29, 1.82) is 0 Å². The van der Waals surface area contributed by atoms with Gasteiger partial charge in [0.15, 0.2) is 0 Å². The molecule has 0 unspecified atom stereocenters. The molecule has 0 fully saturated rings. The number of ether oxygens (including phenoxy) is 2. The van der Waals surface area contributed by atoms with Crippen LogP contribution in [0.25, 0.3) is 28.4 Å². The second kappa shape index (κ2) is 8.67. The summed E-state index contributed by atoms with van der Waals surface area (Å²) in [5.41, 5.74) is 3.76. The molecule has 1 aromatic heterocycles. The predicted octanol–water partition coefficient (Wildman–Crippen LogP) is 5.69. The maximum absolute atomic E-state index is 8.97. The lowest BCUT2D eigenvalue weighted by molar-refractivity contribution is 0.304. The number of furan rings is 1. The SMILES string of the molecule is COc1ccc(-c2cc3cc(/C=C/CO)ccc3o2)c(OCc2ccccc2)c1. The summed E-state index contributed by atoms with van der Waals surface area (Å²) in [5.74, 6) is 2.16. The summed E-state index contributed by atoms with van der Waals surface area (Å²) >= 11 is 0. The molecule has 146 valence electrons. The summed E-state index contributed by atoms with van der Waals surface area (Å²) in [4.78, 5) is 0. The first kappa shape index (κ1) is 18.8. The quantitative estimate of drug-likeness (QED) is 0.443. The molecule has 0 saturated carbocycles. The van der Waals surface area contributed by atoms with E-state index >= 15 is 0 Å². The Morgan fingerprint density at radius 1 is 0.966 bits per heavy atom. The Kier molecular flexibility index (Phi) is 5.63. The number of hydrogen-bond acceptors (Lipinski definition) is 4. The third-order valence-corrected chi connectivity index (χ3v) is 4.65. The maximum Gasteiger partial charge on any atom is 0.139 e. The Balaban J connectivity index is 1.68. The van der Waals surface area contributed by atoms with Crippen LogP contribution in [0.5, 0.6) is 11.5 Å². The highest BCUT2D eigenvalue weighted by Crippen LogP contribution is 2.37. The molecule has 1 N–H and O–H groups in total. The van der Waals surface area contributed by atoms with Crippen LogP contribution in [-0.2, 0) is 6.61 Å². The van der Waals surface area contributed by atoms with Crippen molar-refractivity contribution < 1.29 is 19.0 Å². The molecule has 29 heavy (non-hydrogen) atoms. The molecule has 1 heterocycles. The first-order valence-corrected chi connectivity index (χ1v) is 9.43. The third kappa shape index (κ3) is 4.33. The average Bonchev–Trinajstić information content (AvgIpc) is 3.20. The fourth-order valence-electron chi connectivity index (χ4n) is 3.17. The number of rotatable bonds is 7. The Hall–Kier alpha value is -3.50. The Bertz CT molecular complexity index is 1130. The molecule has 4 rings (SSSR count). The number of aliphatic hydroxyl groups is 1. The van der Waals surface area contributed by atoms with Gasteiger partial charge in [0.2, 0.25) is 0 Å². The summed E-state index contributed by atoms with van der Waals surface area (Å²) in [7, 11) is 1.64. The molecule has 3 aromatic carbocycles. The van der Waals surface area contributed by atoms with Crippen LogP contribution in [0.2, 0.25) is 0 Å². The number of aliphatic hydroxyl groups excluding tert-OH is 1. The molecule has 0 spiro atoms. The predicted molar refractivity (Wildman–Crippen MR) is 115 cm³/mol. The van der Waals surface area contributed by atoms with Gasteiger partial charge < -0.3 is 19.0 Å². The normalized spacial score (nSPS) is 11.2. The molecule has 4 aromatic rings. The molecule has 0 saturated heterocycles. The van der Waals surface area contributed by atoms with E-state index in [4.69, 9.17) is 19.0 Å². The number of benzene rings is 3. The van der Waals surface area contributed by atoms with Gasteiger partial charge in [0.1, 0.15) is 29.4 Å². The average molecular weight is 386 g/mol. The van der Waals surface area contributed by atoms with Crippen LogP contribution in [0, 0.1) is 0 Å². The van der Waals surface area contributed by atoms with Crippen LogP contribution >= 0.6 is 0 Å². The Labute approximate surface area is 169 Å². The summed E-state index contributed by atoms with van der Waals surface area (Å²) in [6, 6.07) is 23.7. The minimum atomic E-state index is 0.0165. The Morgan fingerprint density at radius 2 is 1.83 bits per heavy atom. The van der Waals surface area contributed by atoms with E-state index in [-0.39, 0.29) is 6.61 Å². The van der Waals surface area contributed by atoms with E-state index < -0.39 is 0 Å². The zero-order chi connectivity index (χ0) is 20.1. The van der Waals surface area contributed by atoms with Gasteiger partial charge in [-0.2, -0.15) is 0 Å². The Morgan fingerprint density at radius 3 is 2.62 bits per heavy atom. The molecule has 0 bridgehead atoms. The van der Waals surface area contributed by atoms with Crippen LogP contribution in [0.4, 0.5) is 0 Å². The largest absolute Gasteiger partial charge is 0.497 e. The van der Waals surface area contributed by atoms with Crippen molar-refractivity contribution in [1.82, 2.24) is 0 Å². The van der Waals surface area contributed by atoms with Crippen LogP contribution in [0.3, 0.4) is 0 Å². The molecule has 0 atom stereocenters. The third-order valence-electron chi connectivity index (χ3n) is 4.65. The van der Waals surface area contributed by atoms with E-state index in [1.807, 2.05) is 78.9 Å². The highest BCUT2D eigenvalue weighted by molar-refractivity contribution is 5.86. The van der Waals surface area contributed by atoms with Crippen LogP contribution in [0.1, 0.15) is 11.1 Å². The minimum Gasteiger partial charge on any atom is -0.497 e. The van der Waals surface area contributed by atoms with E-state index in [2.05, 4.69) is 0 Å². The van der Waals surface area contributed by atoms with Crippen LogP contribution < -0.4 is 9.47 Å². The van der Waals surface area contributed by atoms with E-state index in [0.29, 0.717) is 12.4 Å². The first-order valence-electron chi connectivity index (χ1n) is 9.43. The van der Waals surface area contributed by atoms with Crippen LogP contribution in [-0.4, -0.2) is 18.8 Å². The zero-order valence-corrected chi connectivity index (χ0v) is 16.2. The molecule has 0 aliphatic carbocycles. The lowest BCUT2D eigenvalue weighted by Crippen LogP contribution is -1.97. The molecule has 0 aliphatic rings. The van der Waals surface area contributed by atoms with Gasteiger partial charge in [-0.3, -0.25) is 0 Å². The molecule has 4 heteroatoms. The van der Waals surface area contributed by atoms with Crippen molar-refractivity contribution in [3.63, 3.8) is 0 Å². The number of hydrogen-bond donors (Lipinski definition) is 1. The monoisotopic (exact) mass is 386 g/mol. The van der Waals surface area contributed by atoms with Gasteiger partial charge in [0.05, 0.1) is 19.3 Å². The van der Waals surface area contributed by atoms with Crippen LogP contribution in [0.15, 0.2) is 83.3 Å². The smallest absolute Gasteiger partial charge is 0.139 e. The van der Waals surface area contributed by atoms with Crippen molar-refractivity contribution in [2.75, 3.05) is 13.7 Å². The summed E-state index contributed by atoms with van der Waals surface area (Å²) < 4.78 is 17.6. The second-order valence-electron chi connectivity index (χ2n) is 6.63. The summed E-state index contributed by atoms with van der Waals surface area (Å²) in [6.07, 6.45) is 3.59. The van der Waals surface area contributed by atoms with Gasteiger partial charge in [-0.1, -0.05) is 48.6 Å². The van der Waals surface area contributed by atoms with Crippen molar-refractivity contribution in [3.8, 4) is 22.8 Å². The van der Waals surface area contributed by atoms with E-state index in [9.17, 15) is 0 Å². The zero-order valence-electron chi connectivity index (χ0n) is 16.2. The van der Waals surface area contributed by atoms with Crippen molar-refractivity contribution >= 4 is 17.0 Å². The maximum atomic E-state index is 8.97. The van der Waals surface area contributed by atoms with Crippen molar-refractivity contribution in [2.24, 2.45) is 0 Å². The standard InChI is InChI=1S/C25H22O4/c1-27-21-10-11-22(24(16-21)28-17-19-6-3-2-4-7-19)25-15-20-14-18(8-5-13-26)9-12-23(20)29-25/h2-12,14-16,26H,13,17H2,1H3/b8-5+. The highest BCUT2D eigenvalue weighted by Gasteiger charge is 2.14. The first-order chi connectivity index (χ1) is 14.3. The summed E-state index contributed by atoms with van der Waals surface area (Å²) in [5, 5.41) is 9.96. The van der Waals surface area contributed by atoms with Gasteiger partial charge in [0.25, 0.3) is 0 Å². The lowest BCUT2D eigenvalue weighted by Gasteiger charge is -2.12. The molecule has 0 aliphatic heterocycles. The molecule has 0 amide bonds. The topological polar surface area (TPSA) is 51.8 Å². The van der Waals surface area contributed by atoms with Gasteiger partial charge in [-0.05, 0) is 41.5 Å². The van der Waals surface area contributed by atoms with E-state index in [1.54, 1.807) is 13.2 Å². The molecule has 0 radical (unpaired) electrons. The van der Waals surface area contributed by atoms with Gasteiger partial charge in [-0.15, -0.1) is 0 Å². The second-order valence-corrected chi connectivity index (χ2v) is 6.63. The number of fused-ring (bicyclic) bond motifs is 1. The van der Waals surface area contributed by atoms with E-state index in [1.165, 1.54) is 0 Å². The molecule has 4 nitrogen and oxygen atoms in total. The minimum absolute atomic E-state index is 0.0165. The van der Waals surface area contributed by atoms with Gasteiger partial charge in [-0.25, -0.2) is 0 Å². The van der Waals surface area contributed by atoms with Gasteiger partial charge in [0, 0.05) is 11.5 Å². The van der Waals surface area contributed by atoms with Gasteiger partial charge >= 0.3 is 0 Å². The van der Waals surface area contributed by atoms with Crippen molar-refractivity contribution in [3.05, 3.63) is 90.0 Å². The highest BCUT2D eigenvalue weighted by atomic mass is 16.5. The fraction of sp³-hybridized carbons (Fsp3) is 0.120. The molecular weight excluding hydrogens is 364 g/mol.